The lowest BCUT2D eigenvalue weighted by Gasteiger charge is -2.32. The molecule has 1 saturated heterocycles. The van der Waals surface area contributed by atoms with Crippen LogP contribution in [-0.4, -0.2) is 35.8 Å². The molecule has 2 rings (SSSR count). The van der Waals surface area contributed by atoms with Crippen LogP contribution >= 0.6 is 0 Å². The predicted molar refractivity (Wildman–Crippen MR) is 82.9 cm³/mol. The lowest BCUT2D eigenvalue weighted by Crippen LogP contribution is -2.46. The first-order valence-corrected chi connectivity index (χ1v) is 7.90. The van der Waals surface area contributed by atoms with E-state index >= 15 is 0 Å². The number of nitrogens with zero attached hydrogens (tertiary/aromatic N) is 1. The molecule has 1 aliphatic rings. The summed E-state index contributed by atoms with van der Waals surface area (Å²) in [7, 11) is 0. The van der Waals surface area contributed by atoms with E-state index in [0.717, 1.165) is 12.1 Å². The predicted octanol–water partition coefficient (Wildman–Crippen LogP) is 2.73. The smallest absolute Gasteiger partial charge is 0.251 e. The van der Waals surface area contributed by atoms with E-state index in [0.29, 0.717) is 38.3 Å². The number of rotatable bonds is 4. The minimum Gasteiger partial charge on any atom is -0.349 e. The van der Waals surface area contributed by atoms with Gasteiger partial charge in [-0.25, -0.2) is 8.78 Å². The van der Waals surface area contributed by atoms with Gasteiger partial charge in [-0.05, 0) is 37.0 Å². The molecule has 2 amide bonds. The molecule has 1 aliphatic heterocycles. The molecule has 6 heteroatoms. The van der Waals surface area contributed by atoms with E-state index in [1.807, 2.05) is 18.7 Å². The topological polar surface area (TPSA) is 49.4 Å². The molecule has 126 valence electrons. The molecule has 0 unspecified atom stereocenters. The van der Waals surface area contributed by atoms with Crippen molar-refractivity contribution in [3.05, 3.63) is 35.4 Å². The molecule has 1 heterocycles. The summed E-state index contributed by atoms with van der Waals surface area (Å²) in [5, 5.41) is 2.82. The molecule has 0 saturated carbocycles. The Morgan fingerprint density at radius 2 is 1.87 bits per heavy atom. The quantitative estimate of drug-likeness (QED) is 0.926. The number of carbonyl (C=O) groups is 2. The first kappa shape index (κ1) is 17.4. The molecule has 0 radical (unpaired) electrons. The van der Waals surface area contributed by atoms with Crippen LogP contribution in [0.25, 0.3) is 0 Å². The second kappa shape index (κ2) is 7.53. The lowest BCUT2D eigenvalue weighted by molar-refractivity contribution is -0.133. The van der Waals surface area contributed by atoms with Crippen LogP contribution in [0.3, 0.4) is 0 Å². The van der Waals surface area contributed by atoms with Gasteiger partial charge in [-0.2, -0.15) is 0 Å². The summed E-state index contributed by atoms with van der Waals surface area (Å²) in [5.74, 6) is -1.96. The maximum absolute atomic E-state index is 13.2. The van der Waals surface area contributed by atoms with Gasteiger partial charge >= 0.3 is 0 Å². The van der Waals surface area contributed by atoms with Gasteiger partial charge in [-0.1, -0.05) is 13.8 Å². The molecule has 1 aromatic rings. The van der Waals surface area contributed by atoms with Crippen LogP contribution in [0.1, 0.15) is 43.5 Å². The van der Waals surface area contributed by atoms with Crippen molar-refractivity contribution in [1.82, 2.24) is 10.2 Å². The highest BCUT2D eigenvalue weighted by atomic mass is 19.2. The zero-order valence-corrected chi connectivity index (χ0v) is 13.4. The van der Waals surface area contributed by atoms with Crippen LogP contribution in [0.5, 0.6) is 0 Å². The van der Waals surface area contributed by atoms with Crippen LogP contribution in [0, 0.1) is 17.6 Å². The third kappa shape index (κ3) is 4.74. The van der Waals surface area contributed by atoms with Crippen LogP contribution in [0.15, 0.2) is 18.2 Å². The second-order valence-electron chi connectivity index (χ2n) is 6.36. The summed E-state index contributed by atoms with van der Waals surface area (Å²) >= 11 is 0. The first-order valence-electron chi connectivity index (χ1n) is 7.90. The third-order valence-corrected chi connectivity index (χ3v) is 3.95. The van der Waals surface area contributed by atoms with E-state index in [-0.39, 0.29) is 17.5 Å². The normalized spacial score (nSPS) is 15.8. The SMILES string of the molecule is CC(C)CC(=O)N1CCC(NC(=O)c2ccc(F)c(F)c2)CC1. The van der Waals surface area contributed by atoms with Gasteiger partial charge in [0, 0.05) is 31.1 Å². The second-order valence-corrected chi connectivity index (χ2v) is 6.36. The maximum Gasteiger partial charge on any atom is 0.251 e. The summed E-state index contributed by atoms with van der Waals surface area (Å²) < 4.78 is 26.0. The summed E-state index contributed by atoms with van der Waals surface area (Å²) in [5.41, 5.74) is 0.0993. The van der Waals surface area contributed by atoms with Gasteiger partial charge in [0.25, 0.3) is 5.91 Å². The van der Waals surface area contributed by atoms with Crippen LogP contribution in [0.2, 0.25) is 0 Å². The van der Waals surface area contributed by atoms with Crippen LogP contribution in [-0.2, 0) is 4.79 Å². The monoisotopic (exact) mass is 324 g/mol. The summed E-state index contributed by atoms with van der Waals surface area (Å²) in [6, 6.07) is 3.04. The van der Waals surface area contributed by atoms with Crippen molar-refractivity contribution in [3.63, 3.8) is 0 Å². The van der Waals surface area contributed by atoms with Crippen molar-refractivity contribution >= 4 is 11.8 Å². The van der Waals surface area contributed by atoms with E-state index in [1.54, 1.807) is 0 Å². The van der Waals surface area contributed by atoms with Crippen molar-refractivity contribution in [2.45, 2.75) is 39.2 Å². The van der Waals surface area contributed by atoms with Gasteiger partial charge in [0.15, 0.2) is 11.6 Å². The fraction of sp³-hybridized carbons (Fsp3) is 0.529. The Morgan fingerprint density at radius 1 is 1.22 bits per heavy atom. The van der Waals surface area contributed by atoms with Gasteiger partial charge < -0.3 is 10.2 Å². The highest BCUT2D eigenvalue weighted by Crippen LogP contribution is 2.15. The first-order chi connectivity index (χ1) is 10.9. The van der Waals surface area contributed by atoms with Crippen molar-refractivity contribution in [1.29, 1.82) is 0 Å². The van der Waals surface area contributed by atoms with E-state index in [9.17, 15) is 18.4 Å². The molecular formula is C17H22F2N2O2. The zero-order chi connectivity index (χ0) is 17.0. The number of hydrogen-bond acceptors (Lipinski definition) is 2. The average Bonchev–Trinajstić information content (AvgIpc) is 2.50. The Labute approximate surface area is 134 Å². The molecule has 1 aromatic carbocycles. The fourth-order valence-electron chi connectivity index (χ4n) is 2.66. The van der Waals surface area contributed by atoms with Gasteiger partial charge in [-0.15, -0.1) is 0 Å². The molecular weight excluding hydrogens is 302 g/mol. The van der Waals surface area contributed by atoms with Gasteiger partial charge in [0.05, 0.1) is 0 Å². The number of piperidine rings is 1. The molecule has 1 fully saturated rings. The minimum atomic E-state index is -1.04. The molecule has 0 spiro atoms. The molecule has 23 heavy (non-hydrogen) atoms. The number of benzene rings is 1. The fourth-order valence-corrected chi connectivity index (χ4v) is 2.66. The van der Waals surface area contributed by atoms with Crippen LogP contribution < -0.4 is 5.32 Å². The molecule has 0 atom stereocenters. The molecule has 0 aliphatic carbocycles. The summed E-state index contributed by atoms with van der Waals surface area (Å²) in [4.78, 5) is 25.9. The van der Waals surface area contributed by atoms with E-state index in [2.05, 4.69) is 5.32 Å². The van der Waals surface area contributed by atoms with E-state index in [1.165, 1.54) is 6.07 Å². The van der Waals surface area contributed by atoms with E-state index in [4.69, 9.17) is 0 Å². The summed E-state index contributed by atoms with van der Waals surface area (Å²) in [6.45, 7) is 5.22. The molecule has 1 N–H and O–H groups in total. The molecule has 0 bridgehead atoms. The lowest BCUT2D eigenvalue weighted by atomic mass is 10.0. The number of nitrogens with one attached hydrogen (secondary N) is 1. The van der Waals surface area contributed by atoms with Crippen molar-refractivity contribution in [3.8, 4) is 0 Å². The largest absolute Gasteiger partial charge is 0.349 e. The Balaban J connectivity index is 1.85. The van der Waals surface area contributed by atoms with E-state index < -0.39 is 17.5 Å². The van der Waals surface area contributed by atoms with Gasteiger partial charge in [0.2, 0.25) is 5.91 Å². The Hall–Kier alpha value is -1.98. The standard InChI is InChI=1S/C17H22F2N2O2/c1-11(2)9-16(22)21-7-5-13(6-8-21)20-17(23)12-3-4-14(18)15(19)10-12/h3-4,10-11,13H,5-9H2,1-2H3,(H,20,23). The Bertz CT molecular complexity index is 582. The molecule has 0 aromatic heterocycles. The number of halogens is 2. The number of carbonyl (C=O) groups excluding carboxylic acids is 2. The van der Waals surface area contributed by atoms with Crippen LogP contribution in [0.4, 0.5) is 8.78 Å². The average molecular weight is 324 g/mol. The van der Waals surface area contributed by atoms with Crippen molar-refractivity contribution < 1.29 is 18.4 Å². The summed E-state index contributed by atoms with van der Waals surface area (Å²) in [6.07, 6.45) is 1.87. The maximum atomic E-state index is 13.2. The van der Waals surface area contributed by atoms with Gasteiger partial charge in [-0.3, -0.25) is 9.59 Å². The highest BCUT2D eigenvalue weighted by Gasteiger charge is 2.24. The van der Waals surface area contributed by atoms with Crippen molar-refractivity contribution in [2.75, 3.05) is 13.1 Å². The Morgan fingerprint density at radius 3 is 2.43 bits per heavy atom. The Kier molecular flexibility index (Phi) is 5.69. The highest BCUT2D eigenvalue weighted by molar-refractivity contribution is 5.94. The molecule has 4 nitrogen and oxygen atoms in total. The third-order valence-electron chi connectivity index (χ3n) is 3.95. The zero-order valence-electron chi connectivity index (χ0n) is 13.4. The van der Waals surface area contributed by atoms with Gasteiger partial charge in [0.1, 0.15) is 0 Å². The number of amides is 2. The number of hydrogen-bond donors (Lipinski definition) is 1. The minimum absolute atomic E-state index is 0.0567. The number of likely N-dealkylation sites (tertiary alicyclic amines) is 1. The van der Waals surface area contributed by atoms with Crippen molar-refractivity contribution in [2.24, 2.45) is 5.92 Å².